The van der Waals surface area contributed by atoms with Crippen LogP contribution in [0.25, 0.3) is 0 Å². The molecule has 2 rings (SSSR count). The second kappa shape index (κ2) is 10.1. The molecule has 0 unspecified atom stereocenters. The van der Waals surface area contributed by atoms with E-state index in [0.717, 1.165) is 21.7 Å². The predicted octanol–water partition coefficient (Wildman–Crippen LogP) is 4.32. The lowest BCUT2D eigenvalue weighted by molar-refractivity contribution is 0.0762. The van der Waals surface area contributed by atoms with Gasteiger partial charge in [-0.25, -0.2) is 0 Å². The molecule has 0 heterocycles. The molecule has 0 fully saturated rings. The molecule has 0 aliphatic carbocycles. The molecule has 0 spiro atoms. The summed E-state index contributed by atoms with van der Waals surface area (Å²) >= 11 is 3.44. The van der Waals surface area contributed by atoms with Crippen LogP contribution in [0, 0.1) is 0 Å². The molecular formula is C18H21BrO4. The van der Waals surface area contributed by atoms with Gasteiger partial charge in [0, 0.05) is 6.07 Å². The Morgan fingerprint density at radius 3 is 2.22 bits per heavy atom. The number of benzene rings is 2. The Kier molecular flexibility index (Phi) is 7.77. The van der Waals surface area contributed by atoms with Crippen LogP contribution >= 0.6 is 15.9 Å². The zero-order valence-corrected chi connectivity index (χ0v) is 14.8. The minimum atomic E-state index is 0.491. The predicted molar refractivity (Wildman–Crippen MR) is 93.6 cm³/mol. The fourth-order valence-corrected chi connectivity index (χ4v) is 2.31. The SMILES string of the molecule is CCOc1cccc(OCCOCCOc2ccccc2Br)c1. The second-order valence-electron chi connectivity index (χ2n) is 4.65. The second-order valence-corrected chi connectivity index (χ2v) is 5.50. The van der Waals surface area contributed by atoms with Gasteiger partial charge in [0.05, 0.1) is 24.3 Å². The van der Waals surface area contributed by atoms with E-state index in [4.69, 9.17) is 18.9 Å². The summed E-state index contributed by atoms with van der Waals surface area (Å²) < 4.78 is 23.1. The summed E-state index contributed by atoms with van der Waals surface area (Å²) in [6, 6.07) is 15.3. The van der Waals surface area contributed by atoms with Crippen molar-refractivity contribution in [3.05, 3.63) is 53.0 Å². The number of halogens is 1. The average molecular weight is 381 g/mol. The number of hydrogen-bond acceptors (Lipinski definition) is 4. The summed E-state index contributed by atoms with van der Waals surface area (Å²) in [7, 11) is 0. The van der Waals surface area contributed by atoms with Crippen LogP contribution in [0.15, 0.2) is 53.0 Å². The lowest BCUT2D eigenvalue weighted by Crippen LogP contribution is -2.12. The molecule has 0 aliphatic rings. The van der Waals surface area contributed by atoms with E-state index in [-0.39, 0.29) is 0 Å². The highest BCUT2D eigenvalue weighted by molar-refractivity contribution is 9.10. The van der Waals surface area contributed by atoms with Gasteiger partial charge >= 0.3 is 0 Å². The van der Waals surface area contributed by atoms with Crippen molar-refractivity contribution in [2.45, 2.75) is 6.92 Å². The summed E-state index contributed by atoms with van der Waals surface area (Å²) in [5, 5.41) is 0. The highest BCUT2D eigenvalue weighted by atomic mass is 79.9. The van der Waals surface area contributed by atoms with Gasteiger partial charge in [0.25, 0.3) is 0 Å². The van der Waals surface area contributed by atoms with Gasteiger partial charge in [-0.3, -0.25) is 0 Å². The first kappa shape index (κ1) is 17.6. The topological polar surface area (TPSA) is 36.9 Å². The molecule has 4 nitrogen and oxygen atoms in total. The third-order valence-corrected chi connectivity index (χ3v) is 3.59. The molecule has 0 radical (unpaired) electrons. The van der Waals surface area contributed by atoms with E-state index < -0.39 is 0 Å². The van der Waals surface area contributed by atoms with Crippen LogP contribution in [-0.4, -0.2) is 33.0 Å². The summed E-state index contributed by atoms with van der Waals surface area (Å²) in [6.45, 7) is 4.62. The lowest BCUT2D eigenvalue weighted by Gasteiger charge is -2.10. The van der Waals surface area contributed by atoms with Crippen LogP contribution in [-0.2, 0) is 4.74 Å². The molecule has 2 aromatic carbocycles. The highest BCUT2D eigenvalue weighted by Gasteiger charge is 2.00. The van der Waals surface area contributed by atoms with Crippen molar-refractivity contribution in [3.63, 3.8) is 0 Å². The quantitative estimate of drug-likeness (QED) is 0.575. The molecule has 0 aliphatic heterocycles. The Bertz CT molecular complexity index is 589. The number of hydrogen-bond donors (Lipinski definition) is 0. The average Bonchev–Trinajstić information content (AvgIpc) is 2.56. The van der Waals surface area contributed by atoms with Crippen molar-refractivity contribution in [1.82, 2.24) is 0 Å². The van der Waals surface area contributed by atoms with E-state index >= 15 is 0 Å². The van der Waals surface area contributed by atoms with E-state index in [2.05, 4.69) is 15.9 Å². The lowest BCUT2D eigenvalue weighted by atomic mass is 10.3. The molecule has 2 aromatic rings. The molecule has 0 saturated carbocycles. The first-order valence-corrected chi connectivity index (χ1v) is 8.39. The fraction of sp³-hybridized carbons (Fsp3) is 0.333. The molecule has 23 heavy (non-hydrogen) atoms. The molecular weight excluding hydrogens is 360 g/mol. The number of rotatable bonds is 10. The Morgan fingerprint density at radius 1 is 0.783 bits per heavy atom. The van der Waals surface area contributed by atoms with Gasteiger partial charge in [-0.05, 0) is 47.1 Å². The van der Waals surface area contributed by atoms with Gasteiger partial charge in [-0.15, -0.1) is 0 Å². The summed E-state index contributed by atoms with van der Waals surface area (Å²) in [4.78, 5) is 0. The molecule has 124 valence electrons. The molecule has 0 atom stereocenters. The van der Waals surface area contributed by atoms with Crippen molar-refractivity contribution in [3.8, 4) is 17.2 Å². The molecule has 0 saturated heterocycles. The molecule has 0 amide bonds. The summed E-state index contributed by atoms with van der Waals surface area (Å²) in [5.41, 5.74) is 0. The Morgan fingerprint density at radius 2 is 1.48 bits per heavy atom. The monoisotopic (exact) mass is 380 g/mol. The minimum absolute atomic E-state index is 0.491. The van der Waals surface area contributed by atoms with E-state index in [1.807, 2.05) is 55.5 Å². The van der Waals surface area contributed by atoms with Crippen molar-refractivity contribution < 1.29 is 18.9 Å². The normalized spacial score (nSPS) is 10.3. The molecule has 0 bridgehead atoms. The standard InChI is InChI=1S/C18H21BrO4/c1-2-21-15-6-5-7-16(14-15)22-12-10-20-11-13-23-18-9-4-3-8-17(18)19/h3-9,14H,2,10-13H2,1H3. The van der Waals surface area contributed by atoms with E-state index in [9.17, 15) is 0 Å². The largest absolute Gasteiger partial charge is 0.494 e. The van der Waals surface area contributed by atoms with Gasteiger partial charge < -0.3 is 18.9 Å². The maximum absolute atomic E-state index is 5.62. The maximum Gasteiger partial charge on any atom is 0.133 e. The van der Waals surface area contributed by atoms with Crippen molar-refractivity contribution >= 4 is 15.9 Å². The Balaban J connectivity index is 1.57. The number of ether oxygens (including phenoxy) is 4. The zero-order valence-electron chi connectivity index (χ0n) is 13.2. The van der Waals surface area contributed by atoms with Gasteiger partial charge in [-0.2, -0.15) is 0 Å². The van der Waals surface area contributed by atoms with Gasteiger partial charge in [-0.1, -0.05) is 18.2 Å². The van der Waals surface area contributed by atoms with Crippen LogP contribution in [0.4, 0.5) is 0 Å². The Hall–Kier alpha value is -1.72. The smallest absolute Gasteiger partial charge is 0.133 e. The van der Waals surface area contributed by atoms with E-state index in [0.29, 0.717) is 33.0 Å². The molecule has 0 N–H and O–H groups in total. The first-order valence-electron chi connectivity index (χ1n) is 7.60. The van der Waals surface area contributed by atoms with Crippen LogP contribution in [0.3, 0.4) is 0 Å². The number of para-hydroxylation sites is 1. The summed E-state index contributed by atoms with van der Waals surface area (Å²) in [6.07, 6.45) is 0. The van der Waals surface area contributed by atoms with Crippen LogP contribution in [0.2, 0.25) is 0 Å². The van der Waals surface area contributed by atoms with E-state index in [1.54, 1.807) is 0 Å². The van der Waals surface area contributed by atoms with Crippen molar-refractivity contribution in [2.24, 2.45) is 0 Å². The van der Waals surface area contributed by atoms with Crippen LogP contribution < -0.4 is 14.2 Å². The third-order valence-electron chi connectivity index (χ3n) is 2.93. The third kappa shape index (κ3) is 6.50. The first-order chi connectivity index (χ1) is 11.3. The van der Waals surface area contributed by atoms with Gasteiger partial charge in [0.2, 0.25) is 0 Å². The Labute approximate surface area is 145 Å². The molecule has 5 heteroatoms. The fourth-order valence-electron chi connectivity index (χ4n) is 1.91. The van der Waals surface area contributed by atoms with E-state index in [1.165, 1.54) is 0 Å². The zero-order chi connectivity index (χ0) is 16.3. The van der Waals surface area contributed by atoms with Crippen LogP contribution in [0.5, 0.6) is 17.2 Å². The van der Waals surface area contributed by atoms with Crippen LogP contribution in [0.1, 0.15) is 6.92 Å². The highest BCUT2D eigenvalue weighted by Crippen LogP contribution is 2.23. The summed E-state index contributed by atoms with van der Waals surface area (Å²) in [5.74, 6) is 2.41. The van der Waals surface area contributed by atoms with Crippen molar-refractivity contribution in [2.75, 3.05) is 33.0 Å². The van der Waals surface area contributed by atoms with Crippen molar-refractivity contribution in [1.29, 1.82) is 0 Å². The molecule has 0 aromatic heterocycles. The van der Waals surface area contributed by atoms with Gasteiger partial charge in [0.15, 0.2) is 0 Å². The van der Waals surface area contributed by atoms with Gasteiger partial charge in [0.1, 0.15) is 30.5 Å². The maximum atomic E-state index is 5.62. The minimum Gasteiger partial charge on any atom is -0.494 e.